The van der Waals surface area contributed by atoms with Gasteiger partial charge < -0.3 is 25.6 Å². The van der Waals surface area contributed by atoms with Crippen LogP contribution >= 0.6 is 0 Å². The Balaban J connectivity index is 1.58. The van der Waals surface area contributed by atoms with E-state index >= 15 is 4.39 Å². The molecule has 2 heterocycles. The van der Waals surface area contributed by atoms with Crippen molar-refractivity contribution < 1.29 is 37.3 Å². The van der Waals surface area contributed by atoms with Crippen LogP contribution in [-0.4, -0.2) is 38.9 Å². The van der Waals surface area contributed by atoms with Gasteiger partial charge in [0, 0.05) is 41.2 Å². The van der Waals surface area contributed by atoms with E-state index in [0.29, 0.717) is 33.6 Å². The summed E-state index contributed by atoms with van der Waals surface area (Å²) in [6.45, 7) is -1.49. The highest BCUT2D eigenvalue weighted by atomic mass is 19.4. The minimum atomic E-state index is -4.63. The number of alkyl halides is 3. The zero-order valence-corrected chi connectivity index (χ0v) is 21.0. The summed E-state index contributed by atoms with van der Waals surface area (Å²) in [5.74, 6) is -0.170. The minimum Gasteiger partial charge on any atom is -0.507 e. The molecule has 0 spiro atoms. The topological polar surface area (TPSA) is 117 Å². The van der Waals surface area contributed by atoms with Crippen molar-refractivity contribution in [3.05, 3.63) is 94.4 Å². The van der Waals surface area contributed by atoms with E-state index in [4.69, 9.17) is 16.3 Å². The predicted octanol–water partition coefficient (Wildman–Crippen LogP) is 5.55. The number of ether oxygens (including phenoxy) is 1. The van der Waals surface area contributed by atoms with Crippen LogP contribution < -0.4 is 15.4 Å². The lowest BCUT2D eigenvalue weighted by molar-refractivity contribution is -0.153. The molecule has 0 fully saturated rings. The van der Waals surface area contributed by atoms with Gasteiger partial charge in [0.1, 0.15) is 22.9 Å². The van der Waals surface area contributed by atoms with Gasteiger partial charge in [-0.3, -0.25) is 0 Å². The zero-order valence-electron chi connectivity index (χ0n) is 21.0. The summed E-state index contributed by atoms with van der Waals surface area (Å²) >= 11 is 0. The van der Waals surface area contributed by atoms with Gasteiger partial charge in [0.15, 0.2) is 6.61 Å². The van der Waals surface area contributed by atoms with Crippen molar-refractivity contribution in [3.8, 4) is 35.1 Å². The van der Waals surface area contributed by atoms with E-state index in [1.165, 1.54) is 36.5 Å². The molecule has 4 N–H and O–H groups in total. The predicted molar refractivity (Wildman–Crippen MR) is 140 cm³/mol. The van der Waals surface area contributed by atoms with Gasteiger partial charge >= 0.3 is 12.1 Å². The Morgan fingerprint density at radius 1 is 1.20 bits per heavy atom. The number of benzene rings is 3. The van der Waals surface area contributed by atoms with Crippen LogP contribution in [0.1, 0.15) is 38.7 Å². The van der Waals surface area contributed by atoms with Gasteiger partial charge in [-0.1, -0.05) is 18.1 Å². The standard InChI is InChI=1S/C29H20F4N4O4/c1-2-15-6-8-18-20(10-15)26(24-21(30)4-3-5-23(24)41-14-29(31,32)33)34-12-16-13-35-28(37-25(16)18)36-17-7-9-19(27(39)40)22(38)11-17/h1,3-11,13,26,34,38H,12,14H2,(H,39,40)(H,35,36,37). The number of hydrogen-bond donors (Lipinski definition) is 4. The lowest BCUT2D eigenvalue weighted by Gasteiger charge is -2.23. The van der Waals surface area contributed by atoms with Crippen LogP contribution in [0.15, 0.2) is 60.8 Å². The Morgan fingerprint density at radius 3 is 2.71 bits per heavy atom. The lowest BCUT2D eigenvalue weighted by Crippen LogP contribution is -2.25. The Hall–Kier alpha value is -5.15. The number of phenols is 1. The van der Waals surface area contributed by atoms with Crippen molar-refractivity contribution in [2.45, 2.75) is 18.8 Å². The van der Waals surface area contributed by atoms with Gasteiger partial charge in [-0.15, -0.1) is 6.42 Å². The van der Waals surface area contributed by atoms with E-state index in [1.54, 1.807) is 18.2 Å². The molecular weight excluding hydrogens is 544 g/mol. The monoisotopic (exact) mass is 564 g/mol. The molecule has 1 aromatic heterocycles. The third kappa shape index (κ3) is 5.75. The van der Waals surface area contributed by atoms with Crippen molar-refractivity contribution in [2.24, 2.45) is 0 Å². The fourth-order valence-corrected chi connectivity index (χ4v) is 4.52. The highest BCUT2D eigenvalue weighted by molar-refractivity contribution is 5.91. The van der Waals surface area contributed by atoms with Crippen LogP contribution in [-0.2, 0) is 6.54 Å². The van der Waals surface area contributed by atoms with E-state index < -0.39 is 36.4 Å². The van der Waals surface area contributed by atoms with Crippen LogP contribution in [0.5, 0.6) is 11.5 Å². The van der Waals surface area contributed by atoms with Gasteiger partial charge in [-0.05, 0) is 42.0 Å². The first-order valence-corrected chi connectivity index (χ1v) is 12.1. The van der Waals surface area contributed by atoms with Crippen molar-refractivity contribution >= 4 is 17.6 Å². The molecule has 12 heteroatoms. The molecule has 0 bridgehead atoms. The van der Waals surface area contributed by atoms with Crippen molar-refractivity contribution in [2.75, 3.05) is 11.9 Å². The number of hydrogen-bond acceptors (Lipinski definition) is 7. The number of nitrogens with one attached hydrogen (secondary N) is 2. The molecular formula is C29H20F4N4O4. The largest absolute Gasteiger partial charge is 0.507 e. The Bertz CT molecular complexity index is 1700. The zero-order chi connectivity index (χ0) is 29.3. The number of terminal acetylenes is 1. The van der Waals surface area contributed by atoms with Crippen LogP contribution in [0.3, 0.4) is 0 Å². The molecule has 41 heavy (non-hydrogen) atoms. The normalized spacial score (nSPS) is 14.3. The summed E-state index contributed by atoms with van der Waals surface area (Å²) in [5, 5.41) is 25.2. The average molecular weight is 564 g/mol. The second-order valence-electron chi connectivity index (χ2n) is 9.05. The third-order valence-electron chi connectivity index (χ3n) is 6.32. The number of anilines is 2. The maximum absolute atomic E-state index is 15.3. The molecule has 3 aromatic carbocycles. The fraction of sp³-hybridized carbons (Fsp3) is 0.138. The summed E-state index contributed by atoms with van der Waals surface area (Å²) in [5.41, 5.74) is 2.39. The van der Waals surface area contributed by atoms with Gasteiger partial charge in [-0.2, -0.15) is 13.2 Å². The van der Waals surface area contributed by atoms with Crippen molar-refractivity contribution in [1.82, 2.24) is 15.3 Å². The molecule has 0 saturated heterocycles. The lowest BCUT2D eigenvalue weighted by atomic mass is 9.91. The number of nitrogens with zero attached hydrogens (tertiary/aromatic N) is 2. The number of carbonyl (C=O) groups is 1. The Kier molecular flexibility index (Phi) is 7.21. The van der Waals surface area contributed by atoms with Gasteiger partial charge in [0.25, 0.3) is 0 Å². The van der Waals surface area contributed by atoms with E-state index in [9.17, 15) is 23.1 Å². The maximum atomic E-state index is 15.3. The van der Waals surface area contributed by atoms with E-state index in [0.717, 1.165) is 6.07 Å². The first kappa shape index (κ1) is 27.4. The summed E-state index contributed by atoms with van der Waals surface area (Å²) in [4.78, 5) is 20.1. The molecule has 4 aromatic rings. The quantitative estimate of drug-likeness (QED) is 0.178. The third-order valence-corrected chi connectivity index (χ3v) is 6.32. The van der Waals surface area contributed by atoms with Gasteiger partial charge in [-0.25, -0.2) is 19.2 Å². The first-order valence-electron chi connectivity index (χ1n) is 12.1. The highest BCUT2D eigenvalue weighted by Gasteiger charge is 2.32. The number of carboxylic acids is 1. The second-order valence-corrected chi connectivity index (χ2v) is 9.05. The van der Waals surface area contributed by atoms with Crippen LogP contribution in [0.25, 0.3) is 11.3 Å². The summed E-state index contributed by atoms with van der Waals surface area (Å²) in [7, 11) is 0. The van der Waals surface area contributed by atoms with Crippen LogP contribution in [0.4, 0.5) is 29.2 Å². The summed E-state index contributed by atoms with van der Waals surface area (Å²) in [6.07, 6.45) is 2.51. The summed E-state index contributed by atoms with van der Waals surface area (Å²) < 4.78 is 59.1. The molecule has 8 nitrogen and oxygen atoms in total. The maximum Gasteiger partial charge on any atom is 0.422 e. The van der Waals surface area contributed by atoms with Crippen LogP contribution in [0, 0.1) is 18.2 Å². The second kappa shape index (κ2) is 10.8. The molecule has 0 radical (unpaired) electrons. The smallest absolute Gasteiger partial charge is 0.422 e. The molecule has 208 valence electrons. The first-order chi connectivity index (χ1) is 19.5. The van der Waals surface area contributed by atoms with Gasteiger partial charge in [0.2, 0.25) is 5.95 Å². The number of rotatable bonds is 6. The Morgan fingerprint density at radius 2 is 2.00 bits per heavy atom. The van der Waals surface area contributed by atoms with Crippen molar-refractivity contribution in [3.63, 3.8) is 0 Å². The van der Waals surface area contributed by atoms with E-state index in [2.05, 4.69) is 26.5 Å². The fourth-order valence-electron chi connectivity index (χ4n) is 4.52. The van der Waals surface area contributed by atoms with Crippen molar-refractivity contribution in [1.29, 1.82) is 0 Å². The molecule has 1 aliphatic rings. The molecule has 1 aliphatic heterocycles. The minimum absolute atomic E-state index is 0.108. The van der Waals surface area contributed by atoms with E-state index in [-0.39, 0.29) is 29.4 Å². The number of aromatic nitrogens is 2. The molecule has 5 rings (SSSR count). The molecule has 1 atom stereocenters. The molecule has 0 aliphatic carbocycles. The number of aromatic carboxylic acids is 1. The molecule has 0 amide bonds. The number of halogens is 4. The SMILES string of the molecule is C#Cc1ccc2c(c1)C(c1c(F)cccc1OCC(F)(F)F)NCc1cnc(Nc3ccc(C(=O)O)c(O)c3)nc1-2. The molecule has 0 saturated carbocycles. The highest BCUT2D eigenvalue weighted by Crippen LogP contribution is 2.41. The van der Waals surface area contributed by atoms with E-state index in [1.807, 2.05) is 0 Å². The van der Waals surface area contributed by atoms with Crippen LogP contribution in [0.2, 0.25) is 0 Å². The Labute approximate surface area is 230 Å². The average Bonchev–Trinajstić information content (AvgIpc) is 3.07. The number of aromatic hydroxyl groups is 1. The number of fused-ring (bicyclic) bond motifs is 3. The number of carboxylic acid groups (broad SMARTS) is 1. The molecule has 1 unspecified atom stereocenters. The summed E-state index contributed by atoms with van der Waals surface area (Å²) in [6, 6.07) is 11.5. The van der Waals surface area contributed by atoms with Gasteiger partial charge in [0.05, 0.1) is 17.3 Å².